The molecule has 2 amide bonds. The van der Waals surface area contributed by atoms with Gasteiger partial charge >= 0.3 is 0 Å². The minimum atomic E-state index is -0.324. The summed E-state index contributed by atoms with van der Waals surface area (Å²) in [6, 6.07) is 14.8. The van der Waals surface area contributed by atoms with Crippen molar-refractivity contribution in [1.82, 2.24) is 15.4 Å². The lowest BCUT2D eigenvalue weighted by Crippen LogP contribution is -2.37. The van der Waals surface area contributed by atoms with Crippen molar-refractivity contribution in [3.05, 3.63) is 71.7 Å². The summed E-state index contributed by atoms with van der Waals surface area (Å²) in [4.78, 5) is 27.0. The van der Waals surface area contributed by atoms with Crippen LogP contribution in [0.1, 0.15) is 36.3 Å². The van der Waals surface area contributed by atoms with Crippen LogP contribution in [0.5, 0.6) is 5.75 Å². The van der Waals surface area contributed by atoms with E-state index in [0.29, 0.717) is 24.6 Å². The number of carbonyl (C=O) groups is 2. The van der Waals surface area contributed by atoms with Gasteiger partial charge in [0, 0.05) is 37.7 Å². The van der Waals surface area contributed by atoms with Gasteiger partial charge in [-0.1, -0.05) is 43.3 Å². The first-order chi connectivity index (χ1) is 15.9. The lowest BCUT2D eigenvalue weighted by Gasteiger charge is -2.23. The van der Waals surface area contributed by atoms with Gasteiger partial charge in [-0.2, -0.15) is 0 Å². The average Bonchev–Trinajstić information content (AvgIpc) is 3.31. The van der Waals surface area contributed by atoms with Gasteiger partial charge in [0.15, 0.2) is 11.5 Å². The molecule has 0 saturated heterocycles. The summed E-state index contributed by atoms with van der Waals surface area (Å²) in [5.41, 5.74) is 1.73. The molecule has 0 spiro atoms. The van der Waals surface area contributed by atoms with Crippen molar-refractivity contribution in [2.75, 3.05) is 20.2 Å². The van der Waals surface area contributed by atoms with Crippen LogP contribution < -0.4 is 10.1 Å². The highest BCUT2D eigenvalue weighted by atomic mass is 19.1. The molecule has 3 rings (SSSR count). The third-order valence-corrected chi connectivity index (χ3v) is 4.97. The molecule has 1 N–H and O–H groups in total. The Bertz CT molecular complexity index is 1080. The predicted octanol–water partition coefficient (Wildman–Crippen LogP) is 4.29. The minimum absolute atomic E-state index is 0.139. The van der Waals surface area contributed by atoms with E-state index in [1.807, 2.05) is 32.0 Å². The van der Waals surface area contributed by atoms with Crippen LogP contribution in [-0.2, 0) is 11.3 Å². The Morgan fingerprint density at radius 1 is 1.15 bits per heavy atom. The largest absolute Gasteiger partial charge is 0.497 e. The van der Waals surface area contributed by atoms with E-state index in [1.54, 1.807) is 36.3 Å². The molecule has 33 heavy (non-hydrogen) atoms. The third-order valence-electron chi connectivity index (χ3n) is 4.97. The van der Waals surface area contributed by atoms with Gasteiger partial charge in [0.25, 0.3) is 5.91 Å². The van der Waals surface area contributed by atoms with Gasteiger partial charge < -0.3 is 19.5 Å². The molecule has 0 aliphatic carbocycles. The smallest absolute Gasteiger partial charge is 0.276 e. The van der Waals surface area contributed by atoms with Gasteiger partial charge in [-0.15, -0.1) is 0 Å². The Hall–Kier alpha value is -3.68. The summed E-state index contributed by atoms with van der Waals surface area (Å²) in [5, 5.41) is 6.75. The molecule has 0 aliphatic heterocycles. The molecular formula is C25H28FN3O4. The second kappa shape index (κ2) is 11.3. The molecule has 8 heteroatoms. The Morgan fingerprint density at radius 3 is 2.61 bits per heavy atom. The zero-order valence-corrected chi connectivity index (χ0v) is 19.0. The minimum Gasteiger partial charge on any atom is -0.497 e. The number of hydrogen-bond donors (Lipinski definition) is 1. The van der Waals surface area contributed by atoms with Crippen LogP contribution in [0.15, 0.2) is 59.1 Å². The molecule has 174 valence electrons. The van der Waals surface area contributed by atoms with E-state index in [4.69, 9.17) is 9.26 Å². The molecular weight excluding hydrogens is 425 g/mol. The zero-order chi connectivity index (χ0) is 23.8. The lowest BCUT2D eigenvalue weighted by molar-refractivity contribution is -0.121. The fourth-order valence-corrected chi connectivity index (χ4v) is 3.29. The van der Waals surface area contributed by atoms with E-state index in [0.717, 1.165) is 11.1 Å². The number of nitrogens with zero attached hydrogens (tertiary/aromatic N) is 2. The van der Waals surface area contributed by atoms with Crippen molar-refractivity contribution in [3.8, 4) is 17.1 Å². The number of nitrogens with one attached hydrogen (secondary N) is 1. The van der Waals surface area contributed by atoms with Gasteiger partial charge in [-0.05, 0) is 35.7 Å². The van der Waals surface area contributed by atoms with E-state index in [9.17, 15) is 14.0 Å². The second-order valence-corrected chi connectivity index (χ2v) is 8.11. The highest BCUT2D eigenvalue weighted by Gasteiger charge is 2.22. The number of carbonyl (C=O) groups excluding carboxylic acids is 2. The fourth-order valence-electron chi connectivity index (χ4n) is 3.29. The standard InChI is InChI=1S/C25H28FN3O4/c1-17(2)16-29(12-11-24(30)27-15-18-7-9-20(26)10-8-18)25(31)22-14-23(33-28-22)19-5-4-6-21(13-19)32-3/h4-10,13-14,17H,11-12,15-16H2,1-3H3,(H,27,30). The fraction of sp³-hybridized carbons (Fsp3) is 0.320. The summed E-state index contributed by atoms with van der Waals surface area (Å²) in [5.74, 6) is 0.519. The number of hydrogen-bond acceptors (Lipinski definition) is 5. The highest BCUT2D eigenvalue weighted by Crippen LogP contribution is 2.25. The maximum absolute atomic E-state index is 13.1. The molecule has 2 aromatic carbocycles. The summed E-state index contributed by atoms with van der Waals surface area (Å²) in [6.07, 6.45) is 0.139. The highest BCUT2D eigenvalue weighted by molar-refractivity contribution is 5.93. The number of aromatic nitrogens is 1. The number of halogens is 1. The molecule has 3 aromatic rings. The van der Waals surface area contributed by atoms with Gasteiger partial charge in [0.2, 0.25) is 5.91 Å². The van der Waals surface area contributed by atoms with Crippen molar-refractivity contribution in [3.63, 3.8) is 0 Å². The van der Waals surface area contributed by atoms with Crippen LogP contribution in [-0.4, -0.2) is 42.1 Å². The first kappa shape index (κ1) is 24.0. The first-order valence-electron chi connectivity index (χ1n) is 10.8. The number of methoxy groups -OCH3 is 1. The molecule has 0 unspecified atom stereocenters. The molecule has 0 radical (unpaired) electrons. The lowest BCUT2D eigenvalue weighted by atomic mass is 10.1. The molecule has 0 bridgehead atoms. The van der Waals surface area contributed by atoms with Crippen molar-refractivity contribution >= 4 is 11.8 Å². The SMILES string of the molecule is COc1cccc(-c2cc(C(=O)N(CCC(=O)NCc3ccc(F)cc3)CC(C)C)no2)c1. The predicted molar refractivity (Wildman–Crippen MR) is 122 cm³/mol. The van der Waals surface area contributed by atoms with E-state index in [2.05, 4.69) is 10.5 Å². The van der Waals surface area contributed by atoms with Gasteiger partial charge in [0.05, 0.1) is 7.11 Å². The number of benzene rings is 2. The Balaban J connectivity index is 1.62. The maximum Gasteiger partial charge on any atom is 0.276 e. The second-order valence-electron chi connectivity index (χ2n) is 8.11. The molecule has 0 saturated carbocycles. The molecule has 0 aliphatic rings. The van der Waals surface area contributed by atoms with Crippen LogP contribution in [0.2, 0.25) is 0 Å². The Labute approximate surface area is 192 Å². The van der Waals surface area contributed by atoms with Crippen LogP contribution in [0.25, 0.3) is 11.3 Å². The Kier molecular flexibility index (Phi) is 8.18. The van der Waals surface area contributed by atoms with Gasteiger partial charge in [-0.25, -0.2) is 4.39 Å². The van der Waals surface area contributed by atoms with E-state index in [1.165, 1.54) is 12.1 Å². The first-order valence-corrected chi connectivity index (χ1v) is 10.8. The Morgan fingerprint density at radius 2 is 1.91 bits per heavy atom. The van der Waals surface area contributed by atoms with Crippen molar-refractivity contribution < 1.29 is 23.2 Å². The van der Waals surface area contributed by atoms with Crippen molar-refractivity contribution in [2.24, 2.45) is 5.92 Å². The summed E-state index contributed by atoms with van der Waals surface area (Å²) < 4.78 is 23.6. The van der Waals surface area contributed by atoms with Crippen LogP contribution in [0.3, 0.4) is 0 Å². The van der Waals surface area contributed by atoms with E-state index in [-0.39, 0.29) is 42.2 Å². The quantitative estimate of drug-likeness (QED) is 0.495. The monoisotopic (exact) mass is 453 g/mol. The number of rotatable bonds is 10. The summed E-state index contributed by atoms with van der Waals surface area (Å²) in [7, 11) is 1.58. The average molecular weight is 454 g/mol. The zero-order valence-electron chi connectivity index (χ0n) is 19.0. The van der Waals surface area contributed by atoms with Gasteiger partial charge in [0.1, 0.15) is 11.6 Å². The van der Waals surface area contributed by atoms with Crippen LogP contribution >= 0.6 is 0 Å². The molecule has 7 nitrogen and oxygen atoms in total. The summed E-state index contributed by atoms with van der Waals surface area (Å²) >= 11 is 0. The molecule has 1 heterocycles. The van der Waals surface area contributed by atoms with E-state index >= 15 is 0 Å². The third kappa shape index (κ3) is 6.90. The van der Waals surface area contributed by atoms with Crippen LogP contribution in [0, 0.1) is 11.7 Å². The van der Waals surface area contributed by atoms with Crippen LogP contribution in [0.4, 0.5) is 4.39 Å². The topological polar surface area (TPSA) is 84.7 Å². The molecule has 0 atom stereocenters. The van der Waals surface area contributed by atoms with Crippen molar-refractivity contribution in [1.29, 1.82) is 0 Å². The molecule has 1 aromatic heterocycles. The maximum atomic E-state index is 13.1. The van der Waals surface area contributed by atoms with Gasteiger partial charge in [-0.3, -0.25) is 9.59 Å². The van der Waals surface area contributed by atoms with Crippen molar-refractivity contribution in [2.45, 2.75) is 26.8 Å². The molecule has 0 fully saturated rings. The summed E-state index contributed by atoms with van der Waals surface area (Å²) in [6.45, 7) is 5.02. The number of amides is 2. The number of ether oxygens (including phenoxy) is 1. The van der Waals surface area contributed by atoms with E-state index < -0.39 is 0 Å². The normalized spacial score (nSPS) is 10.8.